The maximum absolute atomic E-state index is 11.6. The molecule has 2 unspecified atom stereocenters. The van der Waals surface area contributed by atoms with Gasteiger partial charge < -0.3 is 9.32 Å². The van der Waals surface area contributed by atoms with Crippen molar-refractivity contribution in [1.82, 2.24) is 4.90 Å². The third-order valence-corrected chi connectivity index (χ3v) is 2.78. The van der Waals surface area contributed by atoms with Gasteiger partial charge in [0.2, 0.25) is 5.91 Å². The SMILES string of the molecule is O=C(C1CC1c1ccco1)N1CC1. The number of rotatable bonds is 2. The summed E-state index contributed by atoms with van der Waals surface area (Å²) in [4.78, 5) is 13.5. The van der Waals surface area contributed by atoms with Gasteiger partial charge in [-0.1, -0.05) is 0 Å². The van der Waals surface area contributed by atoms with Crippen molar-refractivity contribution in [2.45, 2.75) is 12.3 Å². The molecule has 2 fully saturated rings. The summed E-state index contributed by atoms with van der Waals surface area (Å²) >= 11 is 0. The summed E-state index contributed by atoms with van der Waals surface area (Å²) in [5.41, 5.74) is 0. The molecule has 68 valence electrons. The van der Waals surface area contributed by atoms with Crippen LogP contribution in [-0.4, -0.2) is 23.9 Å². The molecule has 1 aromatic rings. The summed E-state index contributed by atoms with van der Waals surface area (Å²) in [7, 11) is 0. The Morgan fingerprint density at radius 3 is 3.00 bits per heavy atom. The molecule has 3 rings (SSSR count). The van der Waals surface area contributed by atoms with E-state index in [9.17, 15) is 4.79 Å². The molecule has 0 spiro atoms. The smallest absolute Gasteiger partial charge is 0.226 e. The molecular weight excluding hydrogens is 166 g/mol. The normalized spacial score (nSPS) is 30.3. The fourth-order valence-electron chi connectivity index (χ4n) is 1.79. The van der Waals surface area contributed by atoms with E-state index in [1.165, 1.54) is 0 Å². The molecule has 2 atom stereocenters. The Hall–Kier alpha value is -1.25. The van der Waals surface area contributed by atoms with Crippen LogP contribution in [0, 0.1) is 5.92 Å². The molecule has 0 bridgehead atoms. The zero-order chi connectivity index (χ0) is 8.84. The summed E-state index contributed by atoms with van der Waals surface area (Å²) in [5, 5.41) is 0. The van der Waals surface area contributed by atoms with E-state index >= 15 is 0 Å². The van der Waals surface area contributed by atoms with Gasteiger partial charge in [-0.3, -0.25) is 4.79 Å². The lowest BCUT2D eigenvalue weighted by atomic mass is 10.2. The quantitative estimate of drug-likeness (QED) is 0.636. The van der Waals surface area contributed by atoms with Crippen LogP contribution in [0.3, 0.4) is 0 Å². The van der Waals surface area contributed by atoms with E-state index in [1.807, 2.05) is 17.0 Å². The predicted octanol–water partition coefficient (Wildman–Crippen LogP) is 1.23. The van der Waals surface area contributed by atoms with E-state index in [-0.39, 0.29) is 5.92 Å². The van der Waals surface area contributed by atoms with Gasteiger partial charge >= 0.3 is 0 Å². The monoisotopic (exact) mass is 177 g/mol. The third kappa shape index (κ3) is 1.15. The molecule has 0 N–H and O–H groups in total. The molecule has 1 amide bonds. The average molecular weight is 177 g/mol. The third-order valence-electron chi connectivity index (χ3n) is 2.78. The Kier molecular flexibility index (Phi) is 1.31. The molecule has 3 heteroatoms. The Morgan fingerprint density at radius 2 is 2.38 bits per heavy atom. The van der Waals surface area contributed by atoms with Crippen LogP contribution in [-0.2, 0) is 4.79 Å². The van der Waals surface area contributed by atoms with Gasteiger partial charge in [0.25, 0.3) is 0 Å². The number of amides is 1. The highest BCUT2D eigenvalue weighted by atomic mass is 16.3. The molecule has 1 saturated carbocycles. The van der Waals surface area contributed by atoms with Crippen LogP contribution in [0.1, 0.15) is 18.1 Å². The second kappa shape index (κ2) is 2.37. The fourth-order valence-corrected chi connectivity index (χ4v) is 1.79. The van der Waals surface area contributed by atoms with Crippen LogP contribution in [0.2, 0.25) is 0 Å². The van der Waals surface area contributed by atoms with Crippen molar-refractivity contribution in [2.75, 3.05) is 13.1 Å². The molecule has 2 aliphatic rings. The number of furan rings is 1. The number of hydrogen-bond donors (Lipinski definition) is 0. The van der Waals surface area contributed by atoms with Gasteiger partial charge in [0, 0.05) is 24.9 Å². The minimum atomic E-state index is 0.216. The van der Waals surface area contributed by atoms with Crippen LogP contribution in [0.5, 0.6) is 0 Å². The predicted molar refractivity (Wildman–Crippen MR) is 46.1 cm³/mol. The van der Waals surface area contributed by atoms with E-state index in [1.54, 1.807) is 6.26 Å². The Morgan fingerprint density at radius 1 is 1.54 bits per heavy atom. The molecule has 1 aromatic heterocycles. The van der Waals surface area contributed by atoms with Crippen LogP contribution < -0.4 is 0 Å². The van der Waals surface area contributed by atoms with Gasteiger partial charge in [-0.15, -0.1) is 0 Å². The highest BCUT2D eigenvalue weighted by molar-refractivity contribution is 5.84. The van der Waals surface area contributed by atoms with Crippen molar-refractivity contribution in [2.24, 2.45) is 5.92 Å². The summed E-state index contributed by atoms with van der Waals surface area (Å²) in [6.45, 7) is 1.92. The highest BCUT2D eigenvalue weighted by Crippen LogP contribution is 2.49. The van der Waals surface area contributed by atoms with Gasteiger partial charge in [-0.25, -0.2) is 0 Å². The van der Waals surface area contributed by atoms with Gasteiger partial charge in [0.1, 0.15) is 5.76 Å². The van der Waals surface area contributed by atoms with Crippen LogP contribution >= 0.6 is 0 Å². The minimum Gasteiger partial charge on any atom is -0.469 e. The van der Waals surface area contributed by atoms with Crippen molar-refractivity contribution >= 4 is 5.91 Å². The van der Waals surface area contributed by atoms with Gasteiger partial charge in [-0.05, 0) is 18.6 Å². The highest BCUT2D eigenvalue weighted by Gasteiger charge is 2.49. The molecule has 2 heterocycles. The molecule has 13 heavy (non-hydrogen) atoms. The van der Waals surface area contributed by atoms with Crippen LogP contribution in [0.4, 0.5) is 0 Å². The Labute approximate surface area is 76.3 Å². The van der Waals surface area contributed by atoms with E-state index in [4.69, 9.17) is 4.42 Å². The zero-order valence-corrected chi connectivity index (χ0v) is 7.27. The van der Waals surface area contributed by atoms with E-state index in [0.29, 0.717) is 11.8 Å². The first kappa shape index (κ1) is 7.18. The molecular formula is C10H11NO2. The van der Waals surface area contributed by atoms with E-state index < -0.39 is 0 Å². The lowest BCUT2D eigenvalue weighted by Gasteiger charge is -1.97. The first-order valence-electron chi connectivity index (χ1n) is 4.68. The lowest BCUT2D eigenvalue weighted by Crippen LogP contribution is -2.12. The van der Waals surface area contributed by atoms with Gasteiger partial charge in [-0.2, -0.15) is 0 Å². The topological polar surface area (TPSA) is 33.2 Å². The molecule has 3 nitrogen and oxygen atoms in total. The Bertz CT molecular complexity index is 327. The second-order valence-electron chi connectivity index (χ2n) is 3.79. The maximum Gasteiger partial charge on any atom is 0.226 e. The average Bonchev–Trinajstić information content (AvgIpc) is 3.05. The lowest BCUT2D eigenvalue weighted by molar-refractivity contribution is -0.127. The van der Waals surface area contributed by atoms with Crippen molar-refractivity contribution in [3.05, 3.63) is 24.2 Å². The van der Waals surface area contributed by atoms with Gasteiger partial charge in [0.05, 0.1) is 6.26 Å². The summed E-state index contributed by atoms with van der Waals surface area (Å²) in [5.74, 6) is 1.87. The first-order valence-corrected chi connectivity index (χ1v) is 4.68. The van der Waals surface area contributed by atoms with Crippen molar-refractivity contribution in [1.29, 1.82) is 0 Å². The first-order chi connectivity index (χ1) is 6.36. The zero-order valence-electron chi connectivity index (χ0n) is 7.27. The van der Waals surface area contributed by atoms with E-state index in [0.717, 1.165) is 25.3 Å². The van der Waals surface area contributed by atoms with Crippen LogP contribution in [0.25, 0.3) is 0 Å². The summed E-state index contributed by atoms with van der Waals surface area (Å²) in [6, 6.07) is 3.84. The van der Waals surface area contributed by atoms with E-state index in [2.05, 4.69) is 0 Å². The number of hydrogen-bond acceptors (Lipinski definition) is 2. The van der Waals surface area contributed by atoms with Gasteiger partial charge in [0.15, 0.2) is 0 Å². The molecule has 0 radical (unpaired) electrons. The fraction of sp³-hybridized carbons (Fsp3) is 0.500. The standard InChI is InChI=1S/C10H11NO2/c12-10(11-3-4-11)8-6-7(8)9-2-1-5-13-9/h1-2,5,7-8H,3-4,6H2. The number of carbonyl (C=O) groups is 1. The summed E-state index contributed by atoms with van der Waals surface area (Å²) < 4.78 is 5.27. The van der Waals surface area contributed by atoms with Crippen molar-refractivity contribution < 1.29 is 9.21 Å². The second-order valence-corrected chi connectivity index (χ2v) is 3.79. The molecule has 1 aliphatic heterocycles. The molecule has 0 aromatic carbocycles. The number of nitrogens with zero attached hydrogens (tertiary/aromatic N) is 1. The maximum atomic E-state index is 11.6. The minimum absolute atomic E-state index is 0.216. The molecule has 1 saturated heterocycles. The summed E-state index contributed by atoms with van der Waals surface area (Å²) in [6.07, 6.45) is 2.65. The molecule has 1 aliphatic carbocycles. The largest absolute Gasteiger partial charge is 0.469 e. The Balaban J connectivity index is 1.69. The van der Waals surface area contributed by atoms with Crippen molar-refractivity contribution in [3.63, 3.8) is 0 Å². The van der Waals surface area contributed by atoms with Crippen LogP contribution in [0.15, 0.2) is 22.8 Å². The number of carbonyl (C=O) groups excluding carboxylic acids is 1. The van der Waals surface area contributed by atoms with Crippen molar-refractivity contribution in [3.8, 4) is 0 Å².